The molecule has 0 aliphatic carbocycles. The van der Waals surface area contributed by atoms with E-state index in [0.717, 1.165) is 34.5 Å². The lowest BCUT2D eigenvalue weighted by Gasteiger charge is -2.30. The van der Waals surface area contributed by atoms with E-state index in [0.29, 0.717) is 25.3 Å². The summed E-state index contributed by atoms with van der Waals surface area (Å²) in [6.07, 6.45) is 0. The van der Waals surface area contributed by atoms with Crippen LogP contribution >= 0.6 is 15.9 Å². The van der Waals surface area contributed by atoms with Crippen LogP contribution in [0.2, 0.25) is 0 Å². The molecule has 0 atom stereocenters. The standard InChI is InChI=1S/C19H21BrN2O3/c1-24-19(23)16-12-15(21-13-14-4-2-3-5-17(14)20)6-7-18(16)22-8-10-25-11-9-22/h2-7,12,21H,8-11,13H2,1H3. The molecule has 6 heteroatoms. The lowest BCUT2D eigenvalue weighted by Crippen LogP contribution is -2.37. The highest BCUT2D eigenvalue weighted by atomic mass is 79.9. The molecule has 1 aliphatic rings. The van der Waals surface area contributed by atoms with E-state index in [2.05, 4.69) is 32.2 Å². The van der Waals surface area contributed by atoms with Crippen molar-refractivity contribution in [2.45, 2.75) is 6.54 Å². The van der Waals surface area contributed by atoms with Crippen molar-refractivity contribution in [2.75, 3.05) is 43.6 Å². The molecule has 0 bridgehead atoms. The predicted molar refractivity (Wildman–Crippen MR) is 102 cm³/mol. The van der Waals surface area contributed by atoms with Gasteiger partial charge in [0.2, 0.25) is 0 Å². The molecule has 2 aromatic rings. The maximum atomic E-state index is 12.2. The second-order valence-electron chi connectivity index (χ2n) is 5.77. The summed E-state index contributed by atoms with van der Waals surface area (Å²) in [4.78, 5) is 14.4. The molecule has 1 heterocycles. The Kier molecular flexibility index (Phi) is 5.94. The smallest absolute Gasteiger partial charge is 0.340 e. The van der Waals surface area contributed by atoms with Gasteiger partial charge in [0.1, 0.15) is 0 Å². The van der Waals surface area contributed by atoms with Gasteiger partial charge in [0.15, 0.2) is 0 Å². The molecule has 0 spiro atoms. The van der Waals surface area contributed by atoms with Crippen molar-refractivity contribution in [2.24, 2.45) is 0 Å². The number of carbonyl (C=O) groups excluding carboxylic acids is 1. The van der Waals surface area contributed by atoms with Gasteiger partial charge in [-0.05, 0) is 29.8 Å². The summed E-state index contributed by atoms with van der Waals surface area (Å²) in [5.74, 6) is -0.328. The SMILES string of the molecule is COC(=O)c1cc(NCc2ccccc2Br)ccc1N1CCOCC1. The van der Waals surface area contributed by atoms with Crippen molar-refractivity contribution < 1.29 is 14.3 Å². The first-order valence-corrected chi connectivity index (χ1v) is 9.00. The number of methoxy groups -OCH3 is 1. The van der Waals surface area contributed by atoms with Crippen molar-refractivity contribution >= 4 is 33.3 Å². The third-order valence-corrected chi connectivity index (χ3v) is 4.97. The average molecular weight is 405 g/mol. The third kappa shape index (κ3) is 4.32. The van der Waals surface area contributed by atoms with Crippen LogP contribution in [0.1, 0.15) is 15.9 Å². The summed E-state index contributed by atoms with van der Waals surface area (Å²) in [5, 5.41) is 3.37. The number of esters is 1. The number of nitrogens with one attached hydrogen (secondary N) is 1. The number of ether oxygens (including phenoxy) is 2. The van der Waals surface area contributed by atoms with Gasteiger partial charge < -0.3 is 19.7 Å². The summed E-state index contributed by atoms with van der Waals surface area (Å²) in [7, 11) is 1.41. The van der Waals surface area contributed by atoms with E-state index in [1.165, 1.54) is 7.11 Å². The van der Waals surface area contributed by atoms with E-state index >= 15 is 0 Å². The number of hydrogen-bond donors (Lipinski definition) is 1. The molecule has 5 nitrogen and oxygen atoms in total. The Morgan fingerprint density at radius 2 is 2.00 bits per heavy atom. The molecule has 0 amide bonds. The number of halogens is 1. The minimum absolute atomic E-state index is 0.328. The monoisotopic (exact) mass is 404 g/mol. The van der Waals surface area contributed by atoms with Crippen molar-refractivity contribution in [1.82, 2.24) is 0 Å². The van der Waals surface area contributed by atoms with Crippen molar-refractivity contribution in [3.63, 3.8) is 0 Å². The van der Waals surface area contributed by atoms with Gasteiger partial charge in [-0.2, -0.15) is 0 Å². The molecule has 1 N–H and O–H groups in total. The van der Waals surface area contributed by atoms with Gasteiger partial charge in [0, 0.05) is 29.8 Å². The number of morpholine rings is 1. The van der Waals surface area contributed by atoms with Crippen molar-refractivity contribution in [3.8, 4) is 0 Å². The van der Waals surface area contributed by atoms with E-state index in [1.807, 2.05) is 36.4 Å². The van der Waals surface area contributed by atoms with Gasteiger partial charge in [0.25, 0.3) is 0 Å². The van der Waals surface area contributed by atoms with Crippen LogP contribution in [0.5, 0.6) is 0 Å². The molecular weight excluding hydrogens is 384 g/mol. The van der Waals surface area contributed by atoms with Crippen LogP contribution in [0.25, 0.3) is 0 Å². The Morgan fingerprint density at radius 3 is 2.72 bits per heavy atom. The number of anilines is 2. The minimum Gasteiger partial charge on any atom is -0.465 e. The van der Waals surface area contributed by atoms with Gasteiger partial charge in [-0.1, -0.05) is 34.1 Å². The highest BCUT2D eigenvalue weighted by Crippen LogP contribution is 2.27. The Morgan fingerprint density at radius 1 is 1.24 bits per heavy atom. The summed E-state index contributed by atoms with van der Waals surface area (Å²) in [5.41, 5.74) is 3.50. The summed E-state index contributed by atoms with van der Waals surface area (Å²) < 4.78 is 11.4. The molecule has 132 valence electrons. The molecule has 1 saturated heterocycles. The lowest BCUT2D eigenvalue weighted by molar-refractivity contribution is 0.0600. The number of nitrogens with zero attached hydrogens (tertiary/aromatic N) is 1. The Labute approximate surface area is 156 Å². The van der Waals surface area contributed by atoms with Crippen LogP contribution in [0.3, 0.4) is 0 Å². The zero-order valence-electron chi connectivity index (χ0n) is 14.1. The molecule has 0 aromatic heterocycles. The zero-order valence-corrected chi connectivity index (χ0v) is 15.7. The molecule has 1 fully saturated rings. The van der Waals surface area contributed by atoms with Gasteiger partial charge in [-0.3, -0.25) is 0 Å². The fourth-order valence-electron chi connectivity index (χ4n) is 2.84. The fourth-order valence-corrected chi connectivity index (χ4v) is 3.26. The van der Waals surface area contributed by atoms with Gasteiger partial charge in [-0.15, -0.1) is 0 Å². The number of benzene rings is 2. The van der Waals surface area contributed by atoms with Crippen LogP contribution in [-0.2, 0) is 16.0 Å². The Hall–Kier alpha value is -2.05. The van der Waals surface area contributed by atoms with Crippen LogP contribution in [0.15, 0.2) is 46.9 Å². The van der Waals surface area contributed by atoms with E-state index in [9.17, 15) is 4.79 Å². The quantitative estimate of drug-likeness (QED) is 0.770. The summed E-state index contributed by atoms with van der Waals surface area (Å²) in [6.45, 7) is 3.55. The molecule has 1 aliphatic heterocycles. The van der Waals surface area contributed by atoms with Gasteiger partial charge >= 0.3 is 5.97 Å². The molecular formula is C19H21BrN2O3. The van der Waals surface area contributed by atoms with E-state index < -0.39 is 0 Å². The third-order valence-electron chi connectivity index (χ3n) is 4.19. The van der Waals surface area contributed by atoms with E-state index in [4.69, 9.17) is 9.47 Å². The highest BCUT2D eigenvalue weighted by molar-refractivity contribution is 9.10. The lowest BCUT2D eigenvalue weighted by atomic mass is 10.1. The van der Waals surface area contributed by atoms with Gasteiger partial charge in [-0.25, -0.2) is 4.79 Å². The largest absolute Gasteiger partial charge is 0.465 e. The second kappa shape index (κ2) is 8.36. The van der Waals surface area contributed by atoms with E-state index in [-0.39, 0.29) is 5.97 Å². The van der Waals surface area contributed by atoms with E-state index in [1.54, 1.807) is 0 Å². The minimum atomic E-state index is -0.328. The molecule has 0 unspecified atom stereocenters. The molecule has 25 heavy (non-hydrogen) atoms. The summed E-state index contributed by atoms with van der Waals surface area (Å²) in [6, 6.07) is 13.9. The van der Waals surface area contributed by atoms with Crippen LogP contribution in [0.4, 0.5) is 11.4 Å². The van der Waals surface area contributed by atoms with Crippen molar-refractivity contribution in [1.29, 1.82) is 0 Å². The Balaban J connectivity index is 1.81. The first kappa shape index (κ1) is 17.8. The van der Waals surface area contributed by atoms with Crippen molar-refractivity contribution in [3.05, 3.63) is 58.1 Å². The normalized spacial score (nSPS) is 14.2. The average Bonchev–Trinajstić information content (AvgIpc) is 2.67. The van der Waals surface area contributed by atoms with Crippen LogP contribution in [0, 0.1) is 0 Å². The molecule has 2 aromatic carbocycles. The Bertz CT molecular complexity index is 745. The van der Waals surface area contributed by atoms with Crippen LogP contribution < -0.4 is 10.2 Å². The molecule has 0 saturated carbocycles. The topological polar surface area (TPSA) is 50.8 Å². The first-order chi connectivity index (χ1) is 12.2. The molecule has 3 rings (SSSR count). The molecule has 0 radical (unpaired) electrons. The number of carbonyl (C=O) groups is 1. The zero-order chi connectivity index (χ0) is 17.6. The maximum Gasteiger partial charge on any atom is 0.340 e. The maximum absolute atomic E-state index is 12.2. The second-order valence-corrected chi connectivity index (χ2v) is 6.62. The fraction of sp³-hybridized carbons (Fsp3) is 0.316. The summed E-state index contributed by atoms with van der Waals surface area (Å²) >= 11 is 3.55. The van der Waals surface area contributed by atoms with Crippen LogP contribution in [-0.4, -0.2) is 39.4 Å². The van der Waals surface area contributed by atoms with Gasteiger partial charge in [0.05, 0.1) is 31.6 Å². The first-order valence-electron chi connectivity index (χ1n) is 8.21. The highest BCUT2D eigenvalue weighted by Gasteiger charge is 2.19. The predicted octanol–water partition coefficient (Wildman–Crippen LogP) is 3.68. The number of hydrogen-bond acceptors (Lipinski definition) is 5. The number of rotatable bonds is 5.